The molecule has 192 valence electrons. The van der Waals surface area contributed by atoms with Crippen LogP contribution < -0.4 is 10.1 Å². The van der Waals surface area contributed by atoms with Gasteiger partial charge < -0.3 is 24.9 Å². The van der Waals surface area contributed by atoms with Gasteiger partial charge in [0.05, 0.1) is 47.2 Å². The molecule has 7 nitrogen and oxygen atoms in total. The summed E-state index contributed by atoms with van der Waals surface area (Å²) in [5.41, 5.74) is 0.594. The standard InChI is InChI=1S/C26H21ClF3N3O4/c27-18-8-14(37-25-19(28)2-1-3-20(25)29)6-7-16(18)24(35)17-9-31-26-22(17)23(21(30)10-32-26)33-13-4-5-15(11-34)36-12-13/h1-3,6-10,13,15,34H,4-5,11-12H2,(H2,31,32,33)/t13-,15+/m1/s1. The summed E-state index contributed by atoms with van der Waals surface area (Å²) in [6.07, 6.45) is 3.45. The van der Waals surface area contributed by atoms with Gasteiger partial charge in [-0.15, -0.1) is 0 Å². The fraction of sp³-hybridized carbons (Fsp3) is 0.231. The number of para-hydroxylation sites is 1. The number of pyridine rings is 1. The van der Waals surface area contributed by atoms with Gasteiger partial charge in [-0.1, -0.05) is 17.7 Å². The molecular formula is C26H21ClF3N3O4. The van der Waals surface area contributed by atoms with E-state index in [1.54, 1.807) is 0 Å². The molecule has 0 unspecified atom stereocenters. The zero-order valence-corrected chi connectivity index (χ0v) is 20.0. The number of aromatic nitrogens is 2. The summed E-state index contributed by atoms with van der Waals surface area (Å²) in [6.45, 7) is 0.176. The molecule has 4 aromatic rings. The van der Waals surface area contributed by atoms with Crippen LogP contribution in [0.4, 0.5) is 18.9 Å². The van der Waals surface area contributed by atoms with Crippen LogP contribution in [-0.2, 0) is 4.74 Å². The van der Waals surface area contributed by atoms with Gasteiger partial charge in [0.15, 0.2) is 29.0 Å². The van der Waals surface area contributed by atoms with E-state index in [2.05, 4.69) is 15.3 Å². The Morgan fingerprint density at radius 1 is 1.16 bits per heavy atom. The van der Waals surface area contributed by atoms with E-state index < -0.39 is 29.0 Å². The number of aliphatic hydroxyl groups is 1. The van der Waals surface area contributed by atoms with Crippen LogP contribution in [-0.4, -0.2) is 46.2 Å². The van der Waals surface area contributed by atoms with Gasteiger partial charge >= 0.3 is 0 Å². The minimum Gasteiger partial charge on any atom is -0.451 e. The summed E-state index contributed by atoms with van der Waals surface area (Å²) < 4.78 is 53.7. The monoisotopic (exact) mass is 531 g/mol. The Morgan fingerprint density at radius 3 is 2.62 bits per heavy atom. The minimum absolute atomic E-state index is 0.0248. The largest absolute Gasteiger partial charge is 0.451 e. The van der Waals surface area contributed by atoms with Gasteiger partial charge in [-0.05, 0) is 37.1 Å². The quantitative estimate of drug-likeness (QED) is 0.268. The highest BCUT2D eigenvalue weighted by molar-refractivity contribution is 6.35. The average Bonchev–Trinajstić information content (AvgIpc) is 3.32. The number of aromatic amines is 1. The molecule has 37 heavy (non-hydrogen) atoms. The number of aliphatic hydroxyl groups excluding tert-OH is 1. The van der Waals surface area contributed by atoms with Crippen molar-refractivity contribution in [3.05, 3.63) is 82.4 Å². The predicted octanol–water partition coefficient (Wildman–Crippen LogP) is 5.61. The van der Waals surface area contributed by atoms with E-state index in [9.17, 15) is 23.1 Å². The number of ketones is 1. The molecule has 2 aromatic carbocycles. The zero-order chi connectivity index (χ0) is 26.1. The fourth-order valence-corrected chi connectivity index (χ4v) is 4.50. The smallest absolute Gasteiger partial charge is 0.198 e. The SMILES string of the molecule is O=C(c1ccc(Oc2c(F)cccc2F)cc1Cl)c1c[nH]c2ncc(F)c(N[C@@H]3CC[C@@H](CO)OC3)c12. The third-order valence-corrected chi connectivity index (χ3v) is 6.46. The lowest BCUT2D eigenvalue weighted by molar-refractivity contribution is -0.0223. The number of ether oxygens (including phenoxy) is 2. The van der Waals surface area contributed by atoms with Crippen molar-refractivity contribution in [3.8, 4) is 11.5 Å². The number of H-pyrrole nitrogens is 1. The third-order valence-electron chi connectivity index (χ3n) is 6.15. The van der Waals surface area contributed by atoms with Gasteiger partial charge in [0, 0.05) is 23.9 Å². The Balaban J connectivity index is 1.44. The van der Waals surface area contributed by atoms with Gasteiger partial charge in [-0.2, -0.15) is 0 Å². The highest BCUT2D eigenvalue weighted by Gasteiger charge is 2.26. The molecule has 1 aliphatic rings. The summed E-state index contributed by atoms with van der Waals surface area (Å²) >= 11 is 6.35. The molecule has 3 N–H and O–H groups in total. The lowest BCUT2D eigenvalue weighted by atomic mass is 10.0. The van der Waals surface area contributed by atoms with Crippen molar-refractivity contribution in [3.63, 3.8) is 0 Å². The van der Waals surface area contributed by atoms with E-state index in [0.717, 1.165) is 18.3 Å². The molecule has 3 heterocycles. The van der Waals surface area contributed by atoms with Crippen LogP contribution in [0.15, 0.2) is 48.8 Å². The first-order valence-electron chi connectivity index (χ1n) is 11.5. The number of carbonyl (C=O) groups is 1. The Morgan fingerprint density at radius 2 is 1.95 bits per heavy atom. The first-order chi connectivity index (χ1) is 17.9. The van der Waals surface area contributed by atoms with Crippen LogP contribution in [0.1, 0.15) is 28.8 Å². The molecule has 0 bridgehead atoms. The van der Waals surface area contributed by atoms with Crippen molar-refractivity contribution in [2.24, 2.45) is 0 Å². The number of carbonyl (C=O) groups excluding carboxylic acids is 1. The zero-order valence-electron chi connectivity index (χ0n) is 19.2. The lowest BCUT2D eigenvalue weighted by Crippen LogP contribution is -2.36. The van der Waals surface area contributed by atoms with Crippen molar-refractivity contribution in [1.29, 1.82) is 0 Å². The van der Waals surface area contributed by atoms with Crippen molar-refractivity contribution in [2.75, 3.05) is 18.5 Å². The number of rotatable bonds is 7. The number of nitrogens with one attached hydrogen (secondary N) is 2. The lowest BCUT2D eigenvalue weighted by Gasteiger charge is -2.29. The molecule has 1 fully saturated rings. The highest BCUT2D eigenvalue weighted by Crippen LogP contribution is 2.34. The molecule has 0 aliphatic carbocycles. The Bertz CT molecular complexity index is 1450. The average molecular weight is 532 g/mol. The number of benzene rings is 2. The van der Waals surface area contributed by atoms with E-state index in [1.165, 1.54) is 30.5 Å². The van der Waals surface area contributed by atoms with Crippen LogP contribution in [0, 0.1) is 17.5 Å². The van der Waals surface area contributed by atoms with Gasteiger partial charge in [0.1, 0.15) is 11.4 Å². The Kier molecular flexibility index (Phi) is 7.05. The number of halogens is 4. The second-order valence-corrected chi connectivity index (χ2v) is 8.99. The summed E-state index contributed by atoms with van der Waals surface area (Å²) in [5, 5.41) is 12.6. The molecule has 0 spiro atoms. The summed E-state index contributed by atoms with van der Waals surface area (Å²) in [4.78, 5) is 20.4. The number of anilines is 1. The minimum atomic E-state index is -0.889. The van der Waals surface area contributed by atoms with Gasteiger partial charge in [0.2, 0.25) is 0 Å². The van der Waals surface area contributed by atoms with Crippen LogP contribution in [0.5, 0.6) is 11.5 Å². The number of hydrogen-bond donors (Lipinski definition) is 3. The van der Waals surface area contributed by atoms with Crippen molar-refractivity contribution in [1.82, 2.24) is 9.97 Å². The normalized spacial score (nSPS) is 17.6. The van der Waals surface area contributed by atoms with E-state index in [4.69, 9.17) is 21.1 Å². The van der Waals surface area contributed by atoms with E-state index in [0.29, 0.717) is 18.5 Å². The second kappa shape index (κ2) is 10.4. The van der Waals surface area contributed by atoms with Crippen molar-refractivity contribution >= 4 is 34.1 Å². The molecular weight excluding hydrogens is 511 g/mol. The number of fused-ring (bicyclic) bond motifs is 1. The van der Waals surface area contributed by atoms with Crippen LogP contribution >= 0.6 is 11.6 Å². The summed E-state index contributed by atoms with van der Waals surface area (Å²) in [6, 6.07) is 7.07. The van der Waals surface area contributed by atoms with Crippen molar-refractivity contribution in [2.45, 2.75) is 25.0 Å². The molecule has 11 heteroatoms. The third kappa shape index (κ3) is 5.00. The molecule has 1 aliphatic heterocycles. The Labute approximate surface area is 214 Å². The van der Waals surface area contributed by atoms with Gasteiger partial charge in [-0.25, -0.2) is 18.2 Å². The first kappa shape index (κ1) is 25.1. The van der Waals surface area contributed by atoms with E-state index >= 15 is 0 Å². The number of nitrogens with zero attached hydrogens (tertiary/aromatic N) is 1. The fourth-order valence-electron chi connectivity index (χ4n) is 4.25. The molecule has 0 radical (unpaired) electrons. The molecule has 1 saturated heterocycles. The van der Waals surface area contributed by atoms with Gasteiger partial charge in [-0.3, -0.25) is 4.79 Å². The van der Waals surface area contributed by atoms with E-state index in [-0.39, 0.29) is 58.3 Å². The molecule has 5 rings (SSSR count). The number of hydrogen-bond acceptors (Lipinski definition) is 6. The van der Waals surface area contributed by atoms with Crippen molar-refractivity contribution < 1.29 is 32.5 Å². The van der Waals surface area contributed by atoms with E-state index in [1.807, 2.05) is 0 Å². The highest BCUT2D eigenvalue weighted by atomic mass is 35.5. The topological polar surface area (TPSA) is 96.5 Å². The second-order valence-electron chi connectivity index (χ2n) is 8.59. The molecule has 2 aromatic heterocycles. The first-order valence-corrected chi connectivity index (χ1v) is 11.8. The molecule has 2 atom stereocenters. The summed E-state index contributed by atoms with van der Waals surface area (Å²) in [5.74, 6) is -3.51. The Hall–Kier alpha value is -3.60. The molecule has 0 saturated carbocycles. The molecule has 0 amide bonds. The maximum Gasteiger partial charge on any atom is 0.198 e. The van der Waals surface area contributed by atoms with Crippen LogP contribution in [0.2, 0.25) is 5.02 Å². The van der Waals surface area contributed by atoms with Gasteiger partial charge in [0.25, 0.3) is 0 Å². The maximum absolute atomic E-state index is 14.9. The van der Waals surface area contributed by atoms with Crippen LogP contribution in [0.25, 0.3) is 11.0 Å². The van der Waals surface area contributed by atoms with Crippen LogP contribution in [0.3, 0.4) is 0 Å². The maximum atomic E-state index is 14.9. The predicted molar refractivity (Wildman–Crippen MR) is 131 cm³/mol. The summed E-state index contributed by atoms with van der Waals surface area (Å²) in [7, 11) is 0.